The second-order valence-electron chi connectivity index (χ2n) is 9.59. The number of rotatable bonds is 15. The van der Waals surface area contributed by atoms with E-state index in [1.54, 1.807) is 13.0 Å². The van der Waals surface area contributed by atoms with Crippen molar-refractivity contribution in [2.24, 2.45) is 0 Å². The van der Waals surface area contributed by atoms with Gasteiger partial charge in [-0.3, -0.25) is 0 Å². The molecule has 0 atom stereocenters. The Hall–Kier alpha value is -5.65. The second kappa shape index (κ2) is 18.2. The Balaban J connectivity index is 1.45. The fourth-order valence-corrected chi connectivity index (χ4v) is 3.59. The van der Waals surface area contributed by atoms with Crippen LogP contribution in [0, 0.1) is 6.92 Å². The predicted octanol–water partition coefficient (Wildman–Crippen LogP) is 6.77. The smallest absolute Gasteiger partial charge is 0.463 e. The molecule has 0 aromatic heterocycles. The van der Waals surface area contributed by atoms with E-state index >= 15 is 0 Å². The summed E-state index contributed by atoms with van der Waals surface area (Å²) in [5.74, 6) is -0.952. The number of esters is 3. The van der Waals surface area contributed by atoms with E-state index in [-0.39, 0.29) is 53.9 Å². The summed E-state index contributed by atoms with van der Waals surface area (Å²) in [5, 5.41) is 0. The minimum Gasteiger partial charge on any atom is -0.463 e. The SMILES string of the molecule is C=CC(=O)OCCCCOC(=O)Oc1ccc(C(=O)Oc2ccc(OC(=O)c3ccc(OC(=O)OCCCC)cc3)c(C)c2)cc1. The van der Waals surface area contributed by atoms with E-state index in [1.165, 1.54) is 60.7 Å². The highest BCUT2D eigenvalue weighted by atomic mass is 16.7. The maximum atomic E-state index is 12.6. The van der Waals surface area contributed by atoms with E-state index in [2.05, 4.69) is 6.58 Å². The highest BCUT2D eigenvalue weighted by Gasteiger charge is 2.15. The third-order valence-corrected chi connectivity index (χ3v) is 6.03. The van der Waals surface area contributed by atoms with Crippen LogP contribution < -0.4 is 18.9 Å². The molecule has 0 bridgehead atoms. The fourth-order valence-electron chi connectivity index (χ4n) is 3.59. The molecule has 0 aliphatic rings. The summed E-state index contributed by atoms with van der Waals surface area (Å²) in [6.07, 6.45) is 1.92. The van der Waals surface area contributed by atoms with Crippen molar-refractivity contribution in [3.05, 3.63) is 96.1 Å². The first-order valence-corrected chi connectivity index (χ1v) is 14.4. The molecule has 0 radical (unpaired) electrons. The minimum absolute atomic E-state index is 0.0769. The lowest BCUT2D eigenvalue weighted by atomic mass is 10.2. The van der Waals surface area contributed by atoms with Crippen LogP contribution in [-0.4, -0.2) is 50.0 Å². The Morgan fingerprint density at radius 1 is 0.609 bits per heavy atom. The van der Waals surface area contributed by atoms with Gasteiger partial charge in [-0.25, -0.2) is 24.0 Å². The monoisotopic (exact) mass is 634 g/mol. The van der Waals surface area contributed by atoms with E-state index in [9.17, 15) is 24.0 Å². The fraction of sp³-hybridized carbons (Fsp3) is 0.265. The van der Waals surface area contributed by atoms with Gasteiger partial charge < -0.3 is 33.2 Å². The number of benzene rings is 3. The van der Waals surface area contributed by atoms with Crippen LogP contribution in [0.3, 0.4) is 0 Å². The molecule has 0 fully saturated rings. The van der Waals surface area contributed by atoms with Crippen LogP contribution in [-0.2, 0) is 19.0 Å². The molecule has 0 spiro atoms. The molecule has 0 saturated carbocycles. The Labute approximate surface area is 265 Å². The van der Waals surface area contributed by atoms with Crippen molar-refractivity contribution in [1.82, 2.24) is 0 Å². The number of carbonyl (C=O) groups is 5. The summed E-state index contributed by atoms with van der Waals surface area (Å²) in [7, 11) is 0. The standard InChI is InChI=1S/C34H34O12/c1-4-6-19-41-33(38)44-27-15-11-25(12-16-27)32(37)46-29-18-17-28(22-23(29)3)43-31(36)24-9-13-26(14-10-24)45-34(39)42-21-8-7-20-40-30(35)5-2/h5,9-18,22H,2,4,6-8,19-21H2,1,3H3. The van der Waals surface area contributed by atoms with E-state index in [4.69, 9.17) is 33.2 Å². The number of hydrogen-bond donors (Lipinski definition) is 0. The molecule has 0 aliphatic carbocycles. The molecule has 0 saturated heterocycles. The second-order valence-corrected chi connectivity index (χ2v) is 9.59. The van der Waals surface area contributed by atoms with Crippen LogP contribution in [0.5, 0.6) is 23.0 Å². The van der Waals surface area contributed by atoms with Gasteiger partial charge in [0.15, 0.2) is 0 Å². The first-order chi connectivity index (χ1) is 22.2. The quantitative estimate of drug-likeness (QED) is 0.0433. The summed E-state index contributed by atoms with van der Waals surface area (Å²) >= 11 is 0. The molecule has 46 heavy (non-hydrogen) atoms. The van der Waals surface area contributed by atoms with Gasteiger partial charge in [0.1, 0.15) is 23.0 Å². The molecule has 0 heterocycles. The van der Waals surface area contributed by atoms with Crippen LogP contribution in [0.1, 0.15) is 58.9 Å². The van der Waals surface area contributed by atoms with Crippen molar-refractivity contribution in [1.29, 1.82) is 0 Å². The Bertz CT molecular complexity index is 1510. The third kappa shape index (κ3) is 11.8. The molecule has 12 nitrogen and oxygen atoms in total. The number of unbranched alkanes of at least 4 members (excludes halogenated alkanes) is 2. The Kier molecular flexibility index (Phi) is 13.8. The zero-order valence-corrected chi connectivity index (χ0v) is 25.5. The maximum Gasteiger partial charge on any atom is 0.513 e. The topological polar surface area (TPSA) is 150 Å². The van der Waals surface area contributed by atoms with Crippen LogP contribution in [0.25, 0.3) is 0 Å². The van der Waals surface area contributed by atoms with Gasteiger partial charge in [-0.15, -0.1) is 0 Å². The molecule has 0 amide bonds. The van der Waals surface area contributed by atoms with Crippen LogP contribution in [0.4, 0.5) is 9.59 Å². The highest BCUT2D eigenvalue weighted by molar-refractivity contribution is 5.92. The third-order valence-electron chi connectivity index (χ3n) is 6.03. The number of ether oxygens (including phenoxy) is 7. The minimum atomic E-state index is -0.916. The van der Waals surface area contributed by atoms with Crippen LogP contribution >= 0.6 is 0 Å². The van der Waals surface area contributed by atoms with E-state index in [0.717, 1.165) is 18.9 Å². The summed E-state index contributed by atoms with van der Waals surface area (Å²) < 4.78 is 35.8. The lowest BCUT2D eigenvalue weighted by Crippen LogP contribution is -2.13. The van der Waals surface area contributed by atoms with Crippen molar-refractivity contribution in [2.75, 3.05) is 19.8 Å². The van der Waals surface area contributed by atoms with Crippen molar-refractivity contribution in [3.8, 4) is 23.0 Å². The zero-order chi connectivity index (χ0) is 33.3. The predicted molar refractivity (Wildman–Crippen MR) is 163 cm³/mol. The first kappa shape index (κ1) is 34.8. The molecular formula is C34H34O12. The van der Waals surface area contributed by atoms with Gasteiger partial charge in [0.25, 0.3) is 0 Å². The summed E-state index contributed by atoms with van der Waals surface area (Å²) in [4.78, 5) is 59.8. The van der Waals surface area contributed by atoms with Gasteiger partial charge in [0.2, 0.25) is 0 Å². The van der Waals surface area contributed by atoms with E-state index in [0.29, 0.717) is 18.4 Å². The summed E-state index contributed by atoms with van der Waals surface area (Å²) in [5.41, 5.74) is 0.962. The Morgan fingerprint density at radius 2 is 1.09 bits per heavy atom. The maximum absolute atomic E-state index is 12.6. The van der Waals surface area contributed by atoms with Crippen molar-refractivity contribution in [3.63, 3.8) is 0 Å². The number of hydrogen-bond acceptors (Lipinski definition) is 12. The van der Waals surface area contributed by atoms with Crippen molar-refractivity contribution >= 4 is 30.2 Å². The van der Waals surface area contributed by atoms with Gasteiger partial charge in [-0.2, -0.15) is 0 Å². The number of aryl methyl sites for hydroxylation is 1. The zero-order valence-electron chi connectivity index (χ0n) is 25.5. The van der Waals surface area contributed by atoms with E-state index < -0.39 is 30.2 Å². The molecule has 0 unspecified atom stereocenters. The molecule has 3 aromatic rings. The van der Waals surface area contributed by atoms with Gasteiger partial charge in [0, 0.05) is 6.08 Å². The molecule has 0 N–H and O–H groups in total. The molecular weight excluding hydrogens is 600 g/mol. The molecule has 3 aromatic carbocycles. The molecule has 0 aliphatic heterocycles. The number of carbonyl (C=O) groups excluding carboxylic acids is 5. The lowest BCUT2D eigenvalue weighted by molar-refractivity contribution is -0.137. The van der Waals surface area contributed by atoms with Gasteiger partial charge in [-0.1, -0.05) is 19.9 Å². The average molecular weight is 635 g/mol. The van der Waals surface area contributed by atoms with Gasteiger partial charge >= 0.3 is 30.2 Å². The van der Waals surface area contributed by atoms with Gasteiger partial charge in [0.05, 0.1) is 30.9 Å². The lowest BCUT2D eigenvalue weighted by Gasteiger charge is -2.11. The van der Waals surface area contributed by atoms with Crippen LogP contribution in [0.15, 0.2) is 79.4 Å². The molecule has 12 heteroatoms. The normalized spacial score (nSPS) is 10.2. The average Bonchev–Trinajstić information content (AvgIpc) is 3.04. The van der Waals surface area contributed by atoms with Crippen molar-refractivity contribution in [2.45, 2.75) is 39.5 Å². The van der Waals surface area contributed by atoms with E-state index in [1.807, 2.05) is 6.92 Å². The first-order valence-electron chi connectivity index (χ1n) is 14.4. The summed E-state index contributed by atoms with van der Waals surface area (Å²) in [6.45, 7) is 7.48. The summed E-state index contributed by atoms with van der Waals surface area (Å²) in [6, 6.07) is 16.0. The van der Waals surface area contributed by atoms with Crippen LogP contribution in [0.2, 0.25) is 0 Å². The molecule has 242 valence electrons. The highest BCUT2D eigenvalue weighted by Crippen LogP contribution is 2.26. The van der Waals surface area contributed by atoms with Crippen molar-refractivity contribution < 1.29 is 57.1 Å². The largest absolute Gasteiger partial charge is 0.513 e. The van der Waals surface area contributed by atoms with Gasteiger partial charge in [-0.05, 0) is 98.5 Å². The Morgan fingerprint density at radius 3 is 1.59 bits per heavy atom. The molecule has 3 rings (SSSR count).